The Labute approximate surface area is 189 Å². The Kier molecular flexibility index (Phi) is 7.54. The Hall–Kier alpha value is -3.04. The van der Waals surface area contributed by atoms with Gasteiger partial charge in [0, 0.05) is 10.7 Å². The number of aromatic nitrogens is 3. The van der Waals surface area contributed by atoms with Gasteiger partial charge in [-0.2, -0.15) is 0 Å². The number of aryl methyl sites for hydroxylation is 1. The molecular weight excluding hydrogens is 438 g/mol. The Morgan fingerprint density at radius 3 is 2.77 bits per heavy atom. The fourth-order valence-corrected chi connectivity index (χ4v) is 3.54. The van der Waals surface area contributed by atoms with E-state index in [1.54, 1.807) is 25.3 Å². The third kappa shape index (κ3) is 5.99. The van der Waals surface area contributed by atoms with Gasteiger partial charge in [0.25, 0.3) is 0 Å². The predicted molar refractivity (Wildman–Crippen MR) is 122 cm³/mol. The van der Waals surface area contributed by atoms with Gasteiger partial charge in [0.2, 0.25) is 17.0 Å². The standard InChI is InChI=1S/C21H22ClN5O3S/c1-12-5-4-6-16(13(12)2)24-18(28)10-23-19(29)11-31-21-25-20(26-27-21)15-9-14(22)7-8-17(15)30-3/h4-9H,10-11H2,1-3H3,(H,23,29)(H,24,28)(H,25,26,27). The number of carbonyl (C=O) groups is 2. The molecular formula is C21H22ClN5O3S. The van der Waals surface area contributed by atoms with E-state index in [0.29, 0.717) is 27.3 Å². The molecule has 0 saturated heterocycles. The lowest BCUT2D eigenvalue weighted by Crippen LogP contribution is -2.34. The van der Waals surface area contributed by atoms with Crippen LogP contribution in [0.2, 0.25) is 5.02 Å². The molecule has 3 N–H and O–H groups in total. The lowest BCUT2D eigenvalue weighted by molar-refractivity contribution is -0.122. The third-order valence-corrected chi connectivity index (χ3v) is 5.62. The molecule has 0 fully saturated rings. The zero-order valence-corrected chi connectivity index (χ0v) is 18.9. The Morgan fingerprint density at radius 2 is 2.00 bits per heavy atom. The first-order chi connectivity index (χ1) is 14.9. The van der Waals surface area contributed by atoms with Crippen LogP contribution in [0.1, 0.15) is 11.1 Å². The maximum absolute atomic E-state index is 12.1. The number of amides is 2. The summed E-state index contributed by atoms with van der Waals surface area (Å²) in [5, 5.41) is 13.3. The molecule has 8 nitrogen and oxygen atoms in total. The van der Waals surface area contributed by atoms with Crippen LogP contribution in [0, 0.1) is 13.8 Å². The summed E-state index contributed by atoms with van der Waals surface area (Å²) in [6, 6.07) is 10.9. The summed E-state index contributed by atoms with van der Waals surface area (Å²) in [7, 11) is 1.56. The van der Waals surface area contributed by atoms with Gasteiger partial charge in [-0.3, -0.25) is 14.7 Å². The van der Waals surface area contributed by atoms with Crippen LogP contribution in [0.4, 0.5) is 5.69 Å². The molecule has 2 amide bonds. The van der Waals surface area contributed by atoms with Crippen LogP contribution in [0.3, 0.4) is 0 Å². The zero-order valence-electron chi connectivity index (χ0n) is 17.3. The number of thioether (sulfide) groups is 1. The van der Waals surface area contributed by atoms with Crippen LogP contribution >= 0.6 is 23.4 Å². The zero-order chi connectivity index (χ0) is 22.4. The van der Waals surface area contributed by atoms with Crippen molar-refractivity contribution >= 4 is 40.9 Å². The van der Waals surface area contributed by atoms with E-state index in [1.807, 2.05) is 32.0 Å². The number of hydrogen-bond donors (Lipinski definition) is 3. The minimum atomic E-state index is -0.298. The summed E-state index contributed by atoms with van der Waals surface area (Å²) >= 11 is 7.20. The average molecular weight is 460 g/mol. The maximum Gasteiger partial charge on any atom is 0.243 e. The molecule has 162 valence electrons. The number of H-pyrrole nitrogens is 1. The Bertz CT molecular complexity index is 1100. The van der Waals surface area contributed by atoms with Crippen LogP contribution in [0.25, 0.3) is 11.4 Å². The molecule has 0 saturated carbocycles. The van der Waals surface area contributed by atoms with Crippen LogP contribution in [-0.2, 0) is 9.59 Å². The average Bonchev–Trinajstić information content (AvgIpc) is 3.23. The van der Waals surface area contributed by atoms with E-state index in [-0.39, 0.29) is 24.1 Å². The molecule has 3 aromatic rings. The molecule has 0 spiro atoms. The first kappa shape index (κ1) is 22.6. The number of nitrogens with zero attached hydrogens (tertiary/aromatic N) is 2. The first-order valence-corrected chi connectivity index (χ1v) is 10.8. The fourth-order valence-electron chi connectivity index (χ4n) is 2.74. The highest BCUT2D eigenvalue weighted by atomic mass is 35.5. The van der Waals surface area contributed by atoms with E-state index in [0.717, 1.165) is 28.6 Å². The van der Waals surface area contributed by atoms with Crippen LogP contribution < -0.4 is 15.4 Å². The highest BCUT2D eigenvalue weighted by Gasteiger charge is 2.14. The lowest BCUT2D eigenvalue weighted by Gasteiger charge is -2.10. The highest BCUT2D eigenvalue weighted by Crippen LogP contribution is 2.31. The van der Waals surface area contributed by atoms with E-state index < -0.39 is 0 Å². The van der Waals surface area contributed by atoms with E-state index in [4.69, 9.17) is 16.3 Å². The van der Waals surface area contributed by atoms with Gasteiger partial charge in [-0.1, -0.05) is 35.5 Å². The third-order valence-electron chi connectivity index (χ3n) is 4.54. The molecule has 0 aliphatic carbocycles. The van der Waals surface area contributed by atoms with Crippen molar-refractivity contribution in [3.8, 4) is 17.1 Å². The van der Waals surface area contributed by atoms with E-state index in [2.05, 4.69) is 25.8 Å². The topological polar surface area (TPSA) is 109 Å². The molecule has 10 heteroatoms. The van der Waals surface area contributed by atoms with Crippen LogP contribution in [0.15, 0.2) is 41.6 Å². The second-order valence-corrected chi connectivity index (χ2v) is 8.05. The van der Waals surface area contributed by atoms with Gasteiger partial charge < -0.3 is 15.4 Å². The van der Waals surface area contributed by atoms with E-state index >= 15 is 0 Å². The number of ether oxygens (including phenoxy) is 1. The summed E-state index contributed by atoms with van der Waals surface area (Å²) < 4.78 is 5.32. The second-order valence-electron chi connectivity index (χ2n) is 6.67. The van der Waals surface area contributed by atoms with Crippen molar-refractivity contribution in [3.63, 3.8) is 0 Å². The minimum absolute atomic E-state index is 0.0702. The van der Waals surface area contributed by atoms with Gasteiger partial charge in [0.1, 0.15) is 5.75 Å². The molecule has 2 aromatic carbocycles. The van der Waals surface area contributed by atoms with Gasteiger partial charge in [-0.15, -0.1) is 5.10 Å². The summed E-state index contributed by atoms with van der Waals surface area (Å²) in [5.74, 6) is 0.564. The number of rotatable bonds is 8. The maximum atomic E-state index is 12.1. The Morgan fingerprint density at radius 1 is 1.19 bits per heavy atom. The number of aromatic amines is 1. The van der Waals surface area contributed by atoms with E-state index in [1.165, 1.54) is 0 Å². The van der Waals surface area contributed by atoms with Crippen molar-refractivity contribution in [3.05, 3.63) is 52.5 Å². The summed E-state index contributed by atoms with van der Waals surface area (Å²) in [5.41, 5.74) is 3.48. The van der Waals surface area contributed by atoms with Gasteiger partial charge >= 0.3 is 0 Å². The molecule has 0 atom stereocenters. The normalized spacial score (nSPS) is 10.6. The molecule has 31 heavy (non-hydrogen) atoms. The van der Waals surface area contributed by atoms with Crippen molar-refractivity contribution in [2.45, 2.75) is 19.0 Å². The largest absolute Gasteiger partial charge is 0.496 e. The number of carbonyl (C=O) groups excluding carboxylic acids is 2. The number of benzene rings is 2. The fraction of sp³-hybridized carbons (Fsp3) is 0.238. The van der Waals surface area contributed by atoms with Crippen molar-refractivity contribution in [2.75, 3.05) is 24.7 Å². The van der Waals surface area contributed by atoms with E-state index in [9.17, 15) is 9.59 Å². The second kappa shape index (κ2) is 10.3. The van der Waals surface area contributed by atoms with Gasteiger partial charge in [-0.05, 0) is 49.2 Å². The summed E-state index contributed by atoms with van der Waals surface area (Å²) in [6.07, 6.45) is 0. The number of anilines is 1. The number of hydrogen-bond acceptors (Lipinski definition) is 6. The van der Waals surface area contributed by atoms with Crippen molar-refractivity contribution in [2.24, 2.45) is 0 Å². The Balaban J connectivity index is 1.50. The molecule has 3 rings (SSSR count). The quantitative estimate of drug-likeness (QED) is 0.444. The molecule has 1 aromatic heterocycles. The monoisotopic (exact) mass is 459 g/mol. The number of nitrogens with one attached hydrogen (secondary N) is 3. The lowest BCUT2D eigenvalue weighted by atomic mass is 10.1. The predicted octanol–water partition coefficient (Wildman–Crippen LogP) is 3.60. The highest BCUT2D eigenvalue weighted by molar-refractivity contribution is 7.99. The molecule has 0 radical (unpaired) electrons. The molecule has 1 heterocycles. The smallest absolute Gasteiger partial charge is 0.243 e. The van der Waals surface area contributed by atoms with Gasteiger partial charge in [0.05, 0.1) is 25.0 Å². The van der Waals surface area contributed by atoms with Crippen LogP contribution in [-0.4, -0.2) is 46.4 Å². The van der Waals surface area contributed by atoms with Gasteiger partial charge in [-0.25, -0.2) is 4.98 Å². The molecule has 0 unspecified atom stereocenters. The molecule has 0 bridgehead atoms. The minimum Gasteiger partial charge on any atom is -0.496 e. The van der Waals surface area contributed by atoms with Gasteiger partial charge in [0.15, 0.2) is 5.82 Å². The summed E-state index contributed by atoms with van der Waals surface area (Å²) in [4.78, 5) is 28.6. The molecule has 0 aliphatic heterocycles. The SMILES string of the molecule is COc1ccc(Cl)cc1-c1nc(SCC(=O)NCC(=O)Nc2cccc(C)c2C)n[nH]1. The summed E-state index contributed by atoms with van der Waals surface area (Å²) in [6.45, 7) is 3.79. The molecule has 0 aliphatic rings. The van der Waals surface area contributed by atoms with Crippen molar-refractivity contribution in [1.82, 2.24) is 20.5 Å². The number of methoxy groups -OCH3 is 1. The van der Waals surface area contributed by atoms with Crippen molar-refractivity contribution < 1.29 is 14.3 Å². The number of halogens is 1. The first-order valence-electron chi connectivity index (χ1n) is 9.39. The van der Waals surface area contributed by atoms with Crippen LogP contribution in [0.5, 0.6) is 5.75 Å². The van der Waals surface area contributed by atoms with Crippen molar-refractivity contribution in [1.29, 1.82) is 0 Å².